The van der Waals surface area contributed by atoms with Gasteiger partial charge in [-0.1, -0.05) is 30.3 Å². The topological polar surface area (TPSA) is 74.4 Å². The number of aromatic amines is 2. The maximum absolute atomic E-state index is 11.8. The molecule has 0 fully saturated rings. The minimum Gasteiger partial charge on any atom is -0.315 e. The zero-order valence-electron chi connectivity index (χ0n) is 9.18. The highest BCUT2D eigenvalue weighted by atomic mass is 32.1. The van der Waals surface area contributed by atoms with E-state index in [0.717, 1.165) is 5.56 Å². The highest BCUT2D eigenvalue weighted by Crippen LogP contribution is 2.17. The quantitative estimate of drug-likeness (QED) is 0.653. The van der Waals surface area contributed by atoms with Crippen LogP contribution < -0.4 is 5.56 Å². The first-order valence-corrected chi connectivity index (χ1v) is 5.70. The highest BCUT2D eigenvalue weighted by Gasteiger charge is 2.05. The molecule has 1 aromatic carbocycles. The Hall–Kier alpha value is -2.34. The first kappa shape index (κ1) is 10.8. The summed E-state index contributed by atoms with van der Waals surface area (Å²) in [4.78, 5) is 17.1. The van der Waals surface area contributed by atoms with Crippen LogP contribution in [0.1, 0.15) is 0 Å². The van der Waals surface area contributed by atoms with Crippen molar-refractivity contribution in [2.75, 3.05) is 0 Å². The Bertz CT molecular complexity index is 823. The van der Waals surface area contributed by atoms with Crippen molar-refractivity contribution in [3.63, 3.8) is 0 Å². The van der Waals surface area contributed by atoms with E-state index < -0.39 is 0 Å². The molecule has 0 aliphatic rings. The summed E-state index contributed by atoms with van der Waals surface area (Å²) in [6.45, 7) is 0. The number of H-pyrrole nitrogens is 2. The SMILES string of the molecule is O=c1[nH]c(=S)[nH]c2nnc(-c3ccccc3)cc12. The minimum absolute atomic E-state index is 0.245. The van der Waals surface area contributed by atoms with Crippen LogP contribution in [0.3, 0.4) is 0 Å². The molecular formula is C12H8N4OS. The van der Waals surface area contributed by atoms with Crippen LogP contribution in [0.25, 0.3) is 22.3 Å². The summed E-state index contributed by atoms with van der Waals surface area (Å²) in [5.41, 5.74) is 1.69. The van der Waals surface area contributed by atoms with E-state index in [2.05, 4.69) is 20.2 Å². The van der Waals surface area contributed by atoms with E-state index in [1.54, 1.807) is 6.07 Å². The second-order valence-corrected chi connectivity index (χ2v) is 4.17. The molecule has 0 saturated heterocycles. The van der Waals surface area contributed by atoms with Crippen molar-refractivity contribution in [2.24, 2.45) is 0 Å². The molecule has 0 aliphatic heterocycles. The molecule has 5 nitrogen and oxygen atoms in total. The van der Waals surface area contributed by atoms with Crippen molar-refractivity contribution < 1.29 is 0 Å². The van der Waals surface area contributed by atoms with Crippen LogP contribution in [0.15, 0.2) is 41.2 Å². The van der Waals surface area contributed by atoms with Gasteiger partial charge in [0.1, 0.15) is 0 Å². The predicted molar refractivity (Wildman–Crippen MR) is 70.8 cm³/mol. The molecule has 0 unspecified atom stereocenters. The number of rotatable bonds is 1. The van der Waals surface area contributed by atoms with Crippen molar-refractivity contribution >= 4 is 23.3 Å². The van der Waals surface area contributed by atoms with Crippen LogP contribution in [-0.2, 0) is 0 Å². The standard InChI is InChI=1S/C12H8N4OS/c17-11-8-6-9(7-4-2-1-3-5-7)15-16-10(8)13-12(18)14-11/h1-6H,(H2,13,14,16,17,18). The van der Waals surface area contributed by atoms with Crippen molar-refractivity contribution in [2.45, 2.75) is 0 Å². The average Bonchev–Trinajstić information content (AvgIpc) is 2.39. The fourth-order valence-electron chi connectivity index (χ4n) is 1.72. The molecule has 2 N–H and O–H groups in total. The molecule has 6 heteroatoms. The monoisotopic (exact) mass is 256 g/mol. The van der Waals surface area contributed by atoms with Crippen LogP contribution >= 0.6 is 12.2 Å². The summed E-state index contributed by atoms with van der Waals surface area (Å²) in [6, 6.07) is 11.3. The summed E-state index contributed by atoms with van der Waals surface area (Å²) in [7, 11) is 0. The smallest absolute Gasteiger partial charge is 0.261 e. The van der Waals surface area contributed by atoms with Gasteiger partial charge in [0.15, 0.2) is 10.4 Å². The molecule has 2 heterocycles. The Morgan fingerprint density at radius 2 is 1.83 bits per heavy atom. The lowest BCUT2D eigenvalue weighted by atomic mass is 10.1. The van der Waals surface area contributed by atoms with E-state index in [9.17, 15) is 4.79 Å². The second kappa shape index (κ2) is 4.15. The Labute approximate surface area is 107 Å². The van der Waals surface area contributed by atoms with E-state index in [0.29, 0.717) is 16.7 Å². The third kappa shape index (κ3) is 1.82. The number of nitrogens with one attached hydrogen (secondary N) is 2. The van der Waals surface area contributed by atoms with Crippen LogP contribution in [0, 0.1) is 4.77 Å². The number of hydrogen-bond donors (Lipinski definition) is 2. The van der Waals surface area contributed by atoms with Crippen LogP contribution in [0.2, 0.25) is 0 Å². The summed E-state index contributed by atoms with van der Waals surface area (Å²) < 4.78 is 0.245. The van der Waals surface area contributed by atoms with Crippen LogP contribution in [-0.4, -0.2) is 20.2 Å². The van der Waals surface area contributed by atoms with Gasteiger partial charge in [-0.15, -0.1) is 10.2 Å². The van der Waals surface area contributed by atoms with Crippen LogP contribution in [0.5, 0.6) is 0 Å². The molecule has 0 spiro atoms. The van der Waals surface area contributed by atoms with E-state index in [1.165, 1.54) is 0 Å². The normalized spacial score (nSPS) is 10.7. The van der Waals surface area contributed by atoms with Gasteiger partial charge in [-0.2, -0.15) is 0 Å². The van der Waals surface area contributed by atoms with Gasteiger partial charge in [-0.3, -0.25) is 9.78 Å². The summed E-state index contributed by atoms with van der Waals surface area (Å²) in [5, 5.41) is 8.51. The summed E-state index contributed by atoms with van der Waals surface area (Å²) in [5.74, 6) is 0. The van der Waals surface area contributed by atoms with Crippen molar-refractivity contribution in [1.82, 2.24) is 20.2 Å². The number of benzene rings is 1. The highest BCUT2D eigenvalue weighted by molar-refractivity contribution is 7.71. The maximum atomic E-state index is 11.8. The van der Waals surface area contributed by atoms with Crippen molar-refractivity contribution in [1.29, 1.82) is 0 Å². The molecule has 0 bridgehead atoms. The first-order chi connectivity index (χ1) is 8.74. The van der Waals surface area contributed by atoms with Gasteiger partial charge in [0.05, 0.1) is 11.1 Å². The third-order valence-corrected chi connectivity index (χ3v) is 2.77. The lowest BCUT2D eigenvalue weighted by Gasteiger charge is -2.01. The number of aromatic nitrogens is 4. The second-order valence-electron chi connectivity index (χ2n) is 3.77. The molecule has 88 valence electrons. The van der Waals surface area contributed by atoms with E-state index in [-0.39, 0.29) is 10.3 Å². The van der Waals surface area contributed by atoms with Gasteiger partial charge < -0.3 is 4.98 Å². The molecule has 3 aromatic rings. The molecule has 0 aliphatic carbocycles. The molecule has 0 atom stereocenters. The average molecular weight is 256 g/mol. The predicted octanol–water partition coefficient (Wildman–Crippen LogP) is 2.04. The fraction of sp³-hybridized carbons (Fsp3) is 0. The number of hydrogen-bond acceptors (Lipinski definition) is 4. The van der Waals surface area contributed by atoms with Crippen molar-refractivity contribution in [3.05, 3.63) is 51.5 Å². The first-order valence-electron chi connectivity index (χ1n) is 5.29. The number of fused-ring (bicyclic) bond motifs is 1. The summed E-state index contributed by atoms with van der Waals surface area (Å²) >= 11 is 4.87. The Morgan fingerprint density at radius 3 is 2.61 bits per heavy atom. The minimum atomic E-state index is -0.263. The van der Waals surface area contributed by atoms with E-state index in [4.69, 9.17) is 12.2 Å². The molecule has 18 heavy (non-hydrogen) atoms. The van der Waals surface area contributed by atoms with Gasteiger partial charge >= 0.3 is 0 Å². The molecular weight excluding hydrogens is 248 g/mol. The molecule has 0 saturated carbocycles. The van der Waals surface area contributed by atoms with Gasteiger partial charge in [0, 0.05) is 5.56 Å². The van der Waals surface area contributed by atoms with Crippen LogP contribution in [0.4, 0.5) is 0 Å². The largest absolute Gasteiger partial charge is 0.315 e. The lowest BCUT2D eigenvalue weighted by molar-refractivity contribution is 1.02. The Kier molecular flexibility index (Phi) is 2.49. The maximum Gasteiger partial charge on any atom is 0.261 e. The fourth-order valence-corrected chi connectivity index (χ4v) is 1.91. The van der Waals surface area contributed by atoms with Gasteiger partial charge in [0.25, 0.3) is 5.56 Å². The van der Waals surface area contributed by atoms with Crippen molar-refractivity contribution in [3.8, 4) is 11.3 Å². The van der Waals surface area contributed by atoms with E-state index in [1.807, 2.05) is 30.3 Å². The molecule has 2 aromatic heterocycles. The third-order valence-electron chi connectivity index (χ3n) is 2.57. The zero-order valence-corrected chi connectivity index (χ0v) is 9.99. The van der Waals surface area contributed by atoms with Gasteiger partial charge in [-0.25, -0.2) is 0 Å². The lowest BCUT2D eigenvalue weighted by Crippen LogP contribution is -2.09. The molecule has 3 rings (SSSR count). The summed E-state index contributed by atoms with van der Waals surface area (Å²) in [6.07, 6.45) is 0. The number of nitrogens with zero attached hydrogens (tertiary/aromatic N) is 2. The Morgan fingerprint density at radius 1 is 1.06 bits per heavy atom. The van der Waals surface area contributed by atoms with E-state index >= 15 is 0 Å². The molecule has 0 radical (unpaired) electrons. The zero-order chi connectivity index (χ0) is 12.5. The Balaban J connectivity index is 2.30. The van der Waals surface area contributed by atoms with Gasteiger partial charge in [0.2, 0.25) is 0 Å². The van der Waals surface area contributed by atoms with Gasteiger partial charge in [-0.05, 0) is 18.3 Å². The molecule has 0 amide bonds.